The predicted molar refractivity (Wildman–Crippen MR) is 124 cm³/mol. The fourth-order valence-electron chi connectivity index (χ4n) is 2.73. The lowest BCUT2D eigenvalue weighted by Crippen LogP contribution is -2.34. The monoisotopic (exact) mass is 518 g/mol. The molecule has 0 atom stereocenters. The maximum absolute atomic E-state index is 14.5. The lowest BCUT2D eigenvalue weighted by atomic mass is 10.0. The first-order valence-electron chi connectivity index (χ1n) is 9.41. The van der Waals surface area contributed by atoms with E-state index in [4.69, 9.17) is 38.3 Å². The zero-order chi connectivity index (χ0) is 25.7. The van der Waals surface area contributed by atoms with Gasteiger partial charge in [-0.15, -0.1) is 5.10 Å². The van der Waals surface area contributed by atoms with Gasteiger partial charge in [0.2, 0.25) is 11.6 Å². The molecule has 3 rings (SSSR count). The molecule has 1 aromatic heterocycles. The number of hydrogen-bond donors (Lipinski definition) is 4. The van der Waals surface area contributed by atoms with Crippen molar-refractivity contribution in [3.63, 3.8) is 0 Å². The van der Waals surface area contributed by atoms with E-state index in [0.29, 0.717) is 5.56 Å². The number of carbonyl (C=O) groups is 2. The van der Waals surface area contributed by atoms with Crippen molar-refractivity contribution in [2.45, 2.75) is 6.92 Å². The Hall–Kier alpha value is -4.47. The van der Waals surface area contributed by atoms with Crippen LogP contribution in [0.15, 0.2) is 46.3 Å². The molecule has 0 saturated heterocycles. The molecule has 2 aromatic carbocycles. The molecular formula is C21H13Cl2FN6O5. The summed E-state index contributed by atoms with van der Waals surface area (Å²) in [6.07, 6.45) is -1.66. The average molecular weight is 519 g/mol. The molecule has 0 aliphatic carbocycles. The van der Waals surface area contributed by atoms with Gasteiger partial charge >= 0.3 is 6.09 Å². The van der Waals surface area contributed by atoms with Gasteiger partial charge in [0.1, 0.15) is 11.9 Å². The minimum Gasteiger partial charge on any atom is -0.465 e. The number of carbonyl (C=O) groups excluding carboxylic acids is 1. The lowest BCUT2D eigenvalue weighted by Gasteiger charge is -2.12. The van der Waals surface area contributed by atoms with Gasteiger partial charge in [-0.05, 0) is 24.6 Å². The zero-order valence-corrected chi connectivity index (χ0v) is 19.0. The second-order valence-electron chi connectivity index (χ2n) is 6.70. The van der Waals surface area contributed by atoms with Gasteiger partial charge in [-0.25, -0.2) is 14.3 Å². The van der Waals surface area contributed by atoms with Crippen molar-refractivity contribution in [2.75, 3.05) is 5.43 Å². The van der Waals surface area contributed by atoms with Crippen molar-refractivity contribution in [3.8, 4) is 28.8 Å². The van der Waals surface area contributed by atoms with Crippen LogP contribution in [0.2, 0.25) is 10.0 Å². The molecule has 0 fully saturated rings. The van der Waals surface area contributed by atoms with Crippen LogP contribution >= 0.6 is 23.2 Å². The van der Waals surface area contributed by atoms with Crippen molar-refractivity contribution in [1.29, 1.82) is 5.26 Å². The van der Waals surface area contributed by atoms with E-state index in [1.807, 2.05) is 0 Å². The molecule has 2 amide bonds. The number of nitriles is 1. The second-order valence-corrected chi connectivity index (χ2v) is 7.51. The van der Waals surface area contributed by atoms with E-state index in [1.165, 1.54) is 35.7 Å². The number of rotatable bonds is 6. The highest BCUT2D eigenvalue weighted by atomic mass is 35.5. The van der Waals surface area contributed by atoms with Crippen LogP contribution in [0.3, 0.4) is 0 Å². The molecule has 0 spiro atoms. The molecule has 0 aliphatic heterocycles. The Morgan fingerprint density at radius 3 is 2.54 bits per heavy atom. The number of aromatic amines is 1. The number of imide groups is 1. The Morgan fingerprint density at radius 1 is 1.23 bits per heavy atom. The topological polar surface area (TPSA) is 170 Å². The van der Waals surface area contributed by atoms with Crippen molar-refractivity contribution >= 4 is 46.6 Å². The van der Waals surface area contributed by atoms with E-state index in [2.05, 4.69) is 20.7 Å². The summed E-state index contributed by atoms with van der Waals surface area (Å²) in [5.74, 6) is -2.02. The quantitative estimate of drug-likeness (QED) is 0.279. The summed E-state index contributed by atoms with van der Waals surface area (Å²) < 4.78 is 20.1. The molecular weight excluding hydrogens is 506 g/mol. The number of aryl methyl sites for hydroxylation is 1. The van der Waals surface area contributed by atoms with Crippen LogP contribution in [0, 0.1) is 24.1 Å². The summed E-state index contributed by atoms with van der Waals surface area (Å²) in [5, 5.41) is 28.4. The number of ether oxygens (including phenoxy) is 1. The molecule has 3 aromatic rings. The molecule has 11 nitrogen and oxygen atoms in total. The summed E-state index contributed by atoms with van der Waals surface area (Å²) in [7, 11) is 0. The van der Waals surface area contributed by atoms with Crippen LogP contribution in [0.4, 0.5) is 14.9 Å². The standard InChI is InChI=1S/C21H13Cl2FN6O5/c1-9-3-2-4-11(17(9)24)12-7-16(29-30-19(12)31)35-18-13(22)5-10(6-14(18)23)27-28-15(8-25)20(32)26-21(33)34/h2-7,27H,1H3,(H,26,32)(H,30,31)(H,33,34)/b28-15-. The van der Waals surface area contributed by atoms with E-state index < -0.39 is 29.1 Å². The van der Waals surface area contributed by atoms with E-state index in [1.54, 1.807) is 19.1 Å². The van der Waals surface area contributed by atoms with Crippen LogP contribution < -0.4 is 21.0 Å². The third kappa shape index (κ3) is 5.91. The van der Waals surface area contributed by atoms with Gasteiger partial charge in [-0.2, -0.15) is 10.4 Å². The molecule has 0 unspecified atom stereocenters. The van der Waals surface area contributed by atoms with E-state index in [0.717, 1.165) is 0 Å². The minimum absolute atomic E-state index is 0.0280. The van der Waals surface area contributed by atoms with Crippen molar-refractivity contribution in [1.82, 2.24) is 15.5 Å². The van der Waals surface area contributed by atoms with Gasteiger partial charge < -0.3 is 9.84 Å². The number of carboxylic acid groups (broad SMARTS) is 1. The van der Waals surface area contributed by atoms with Crippen LogP contribution in [-0.2, 0) is 4.79 Å². The maximum Gasteiger partial charge on any atom is 0.411 e. The lowest BCUT2D eigenvalue weighted by molar-refractivity contribution is -0.114. The number of anilines is 1. The van der Waals surface area contributed by atoms with Crippen molar-refractivity contribution in [2.24, 2.45) is 5.10 Å². The summed E-state index contributed by atoms with van der Waals surface area (Å²) in [6, 6.07) is 9.81. The minimum atomic E-state index is -1.66. The van der Waals surface area contributed by atoms with Gasteiger partial charge in [0, 0.05) is 11.6 Å². The predicted octanol–water partition coefficient (Wildman–Crippen LogP) is 4.07. The van der Waals surface area contributed by atoms with Gasteiger partial charge in [0.05, 0.1) is 21.3 Å². The van der Waals surface area contributed by atoms with E-state index >= 15 is 0 Å². The van der Waals surface area contributed by atoms with Crippen LogP contribution in [-0.4, -0.2) is 33.0 Å². The van der Waals surface area contributed by atoms with Gasteiger partial charge in [0.15, 0.2) is 5.75 Å². The van der Waals surface area contributed by atoms with Crippen molar-refractivity contribution in [3.05, 3.63) is 68.2 Å². The molecule has 35 heavy (non-hydrogen) atoms. The number of nitrogens with zero attached hydrogens (tertiary/aromatic N) is 3. The number of halogens is 3. The first-order chi connectivity index (χ1) is 16.6. The third-order valence-corrected chi connectivity index (χ3v) is 4.87. The number of amides is 2. The Bertz CT molecular complexity index is 1440. The third-order valence-electron chi connectivity index (χ3n) is 4.31. The number of hydrazone groups is 1. The van der Waals surface area contributed by atoms with Gasteiger partial charge in [0.25, 0.3) is 11.5 Å². The van der Waals surface area contributed by atoms with Gasteiger partial charge in [-0.3, -0.25) is 20.3 Å². The molecule has 0 aliphatic rings. The smallest absolute Gasteiger partial charge is 0.411 e. The van der Waals surface area contributed by atoms with Gasteiger partial charge in [-0.1, -0.05) is 41.4 Å². The van der Waals surface area contributed by atoms with Crippen molar-refractivity contribution < 1.29 is 23.8 Å². The number of aromatic nitrogens is 2. The first kappa shape index (κ1) is 25.2. The Kier molecular flexibility index (Phi) is 7.65. The average Bonchev–Trinajstić information content (AvgIpc) is 2.79. The summed E-state index contributed by atoms with van der Waals surface area (Å²) in [4.78, 5) is 34.3. The second kappa shape index (κ2) is 10.6. The molecule has 0 bridgehead atoms. The molecule has 178 valence electrons. The van der Waals surface area contributed by atoms with E-state index in [-0.39, 0.29) is 38.5 Å². The summed E-state index contributed by atoms with van der Waals surface area (Å²) in [6.45, 7) is 1.56. The van der Waals surface area contributed by atoms with Crippen LogP contribution in [0.5, 0.6) is 11.6 Å². The highest BCUT2D eigenvalue weighted by Crippen LogP contribution is 2.38. The molecule has 4 N–H and O–H groups in total. The highest BCUT2D eigenvalue weighted by molar-refractivity contribution is 6.46. The van der Waals surface area contributed by atoms with E-state index in [9.17, 15) is 18.8 Å². The highest BCUT2D eigenvalue weighted by Gasteiger charge is 2.17. The van der Waals surface area contributed by atoms with Crippen LogP contribution in [0.25, 0.3) is 11.1 Å². The number of benzene rings is 2. The SMILES string of the molecule is Cc1cccc(-c2cc(Oc3c(Cl)cc(N/N=C(/C#N)C(=O)NC(=O)O)cc3Cl)n[nH]c2=O)c1F. The summed E-state index contributed by atoms with van der Waals surface area (Å²) >= 11 is 12.4. The maximum atomic E-state index is 14.5. The molecule has 0 radical (unpaired) electrons. The summed E-state index contributed by atoms with van der Waals surface area (Å²) in [5.41, 5.74) is 1.43. The zero-order valence-electron chi connectivity index (χ0n) is 17.5. The number of nitrogens with one attached hydrogen (secondary N) is 3. The molecule has 1 heterocycles. The first-order valence-corrected chi connectivity index (χ1v) is 10.2. The fourth-order valence-corrected chi connectivity index (χ4v) is 3.29. The number of hydrogen-bond acceptors (Lipinski definition) is 8. The largest absolute Gasteiger partial charge is 0.465 e. The number of H-pyrrole nitrogens is 1. The normalized spacial score (nSPS) is 10.9. The van der Waals surface area contributed by atoms with Crippen LogP contribution in [0.1, 0.15) is 5.56 Å². The Morgan fingerprint density at radius 2 is 1.91 bits per heavy atom. The Balaban J connectivity index is 1.88. The fraction of sp³-hybridized carbons (Fsp3) is 0.0476. The molecule has 0 saturated carbocycles. The molecule has 14 heteroatoms. The Labute approximate surface area is 205 Å².